The van der Waals surface area contributed by atoms with E-state index in [9.17, 15) is 5.11 Å². The fraction of sp³-hybridized carbons (Fsp3) is 0.400. The molecule has 0 spiro atoms. The molecular weight excluding hydrogens is 256 g/mol. The minimum absolute atomic E-state index is 0.149. The van der Waals surface area contributed by atoms with Crippen LogP contribution in [0, 0.1) is 13.8 Å². The quantitative estimate of drug-likeness (QED) is 0.851. The summed E-state index contributed by atoms with van der Waals surface area (Å²) in [5.41, 5.74) is 6.19. The third-order valence-electron chi connectivity index (χ3n) is 4.20. The van der Waals surface area contributed by atoms with Crippen LogP contribution in [0.4, 0.5) is 0 Å². The van der Waals surface area contributed by atoms with E-state index in [1.807, 2.05) is 0 Å². The molecule has 112 valence electrons. The van der Waals surface area contributed by atoms with E-state index in [1.165, 1.54) is 22.3 Å². The van der Waals surface area contributed by atoms with Crippen molar-refractivity contribution in [3.63, 3.8) is 0 Å². The Morgan fingerprint density at radius 3 is 1.90 bits per heavy atom. The van der Waals surface area contributed by atoms with Crippen LogP contribution in [0.15, 0.2) is 42.5 Å². The Morgan fingerprint density at radius 2 is 1.43 bits per heavy atom. The van der Waals surface area contributed by atoms with E-state index in [0.29, 0.717) is 6.42 Å². The molecule has 1 nitrogen and oxygen atoms in total. The Kier molecular flexibility index (Phi) is 4.53. The molecule has 0 aliphatic heterocycles. The van der Waals surface area contributed by atoms with Crippen molar-refractivity contribution in [1.82, 2.24) is 0 Å². The van der Waals surface area contributed by atoms with Crippen LogP contribution in [-0.4, -0.2) is 5.11 Å². The number of aliphatic hydroxyl groups excluding tert-OH is 1. The van der Waals surface area contributed by atoms with Crippen LogP contribution < -0.4 is 0 Å². The van der Waals surface area contributed by atoms with Crippen molar-refractivity contribution in [2.75, 3.05) is 0 Å². The topological polar surface area (TPSA) is 20.2 Å². The van der Waals surface area contributed by atoms with Gasteiger partial charge in [-0.25, -0.2) is 0 Å². The van der Waals surface area contributed by atoms with E-state index in [-0.39, 0.29) is 5.41 Å². The maximum atomic E-state index is 10.5. The first-order valence-corrected chi connectivity index (χ1v) is 7.62. The first-order valence-electron chi connectivity index (χ1n) is 7.62. The van der Waals surface area contributed by atoms with Crippen LogP contribution in [0.2, 0.25) is 0 Å². The number of aryl methyl sites for hydroxylation is 2. The molecular formula is C20H26O. The van der Waals surface area contributed by atoms with Gasteiger partial charge in [-0.15, -0.1) is 0 Å². The fourth-order valence-electron chi connectivity index (χ4n) is 2.69. The van der Waals surface area contributed by atoms with Crippen molar-refractivity contribution < 1.29 is 5.11 Å². The standard InChI is InChI=1S/C20H26O/c1-14-7-6-8-15(2)18(14)13-19(21)16-9-11-17(12-10-16)20(3,4)5/h6-12,19,21H,13H2,1-5H3. The third kappa shape index (κ3) is 3.74. The van der Waals surface area contributed by atoms with Gasteiger partial charge >= 0.3 is 0 Å². The van der Waals surface area contributed by atoms with E-state index in [4.69, 9.17) is 0 Å². The summed E-state index contributed by atoms with van der Waals surface area (Å²) in [5.74, 6) is 0. The molecule has 21 heavy (non-hydrogen) atoms. The van der Waals surface area contributed by atoms with Gasteiger partial charge in [0, 0.05) is 6.42 Å². The minimum atomic E-state index is -0.446. The summed E-state index contributed by atoms with van der Waals surface area (Å²) in [6.45, 7) is 10.8. The first kappa shape index (κ1) is 15.8. The van der Waals surface area contributed by atoms with Crippen LogP contribution >= 0.6 is 0 Å². The van der Waals surface area contributed by atoms with Gasteiger partial charge < -0.3 is 5.11 Å². The van der Waals surface area contributed by atoms with Crippen molar-refractivity contribution in [3.8, 4) is 0 Å². The summed E-state index contributed by atoms with van der Waals surface area (Å²) < 4.78 is 0. The largest absolute Gasteiger partial charge is 0.388 e. The van der Waals surface area contributed by atoms with E-state index in [0.717, 1.165) is 5.56 Å². The predicted molar refractivity (Wildman–Crippen MR) is 89.7 cm³/mol. The van der Waals surface area contributed by atoms with Gasteiger partial charge in [-0.3, -0.25) is 0 Å². The average Bonchev–Trinajstić information content (AvgIpc) is 2.42. The number of hydrogen-bond acceptors (Lipinski definition) is 1. The van der Waals surface area contributed by atoms with Crippen molar-refractivity contribution >= 4 is 0 Å². The van der Waals surface area contributed by atoms with E-state index in [1.54, 1.807) is 0 Å². The van der Waals surface area contributed by atoms with Gasteiger partial charge in [-0.05, 0) is 47.1 Å². The Labute approximate surface area is 128 Å². The lowest BCUT2D eigenvalue weighted by molar-refractivity contribution is 0.178. The minimum Gasteiger partial charge on any atom is -0.388 e. The van der Waals surface area contributed by atoms with Gasteiger partial charge in [0.2, 0.25) is 0 Å². The zero-order chi connectivity index (χ0) is 15.6. The highest BCUT2D eigenvalue weighted by molar-refractivity contribution is 5.36. The number of hydrogen-bond donors (Lipinski definition) is 1. The van der Waals surface area contributed by atoms with Gasteiger partial charge in [0.05, 0.1) is 6.10 Å². The molecule has 0 heterocycles. The van der Waals surface area contributed by atoms with Gasteiger partial charge in [-0.2, -0.15) is 0 Å². The Balaban J connectivity index is 2.19. The second-order valence-corrected chi connectivity index (χ2v) is 6.96. The lowest BCUT2D eigenvalue weighted by atomic mass is 9.86. The molecule has 1 N–H and O–H groups in total. The maximum Gasteiger partial charge on any atom is 0.0830 e. The van der Waals surface area contributed by atoms with Crippen LogP contribution in [0.3, 0.4) is 0 Å². The summed E-state index contributed by atoms with van der Waals surface area (Å²) in [6, 6.07) is 14.7. The number of benzene rings is 2. The van der Waals surface area contributed by atoms with E-state index < -0.39 is 6.10 Å². The predicted octanol–water partition coefficient (Wildman–Crippen LogP) is 4.88. The molecule has 2 rings (SSSR count). The molecule has 2 aromatic rings. The summed E-state index contributed by atoms with van der Waals surface area (Å²) in [6.07, 6.45) is 0.228. The molecule has 0 amide bonds. The molecule has 1 heteroatoms. The molecule has 0 bridgehead atoms. The molecule has 0 saturated heterocycles. The average molecular weight is 282 g/mol. The smallest absolute Gasteiger partial charge is 0.0830 e. The molecule has 2 aromatic carbocycles. The van der Waals surface area contributed by atoms with E-state index in [2.05, 4.69) is 77.1 Å². The summed E-state index contributed by atoms with van der Waals surface area (Å²) in [7, 11) is 0. The second kappa shape index (κ2) is 6.03. The van der Waals surface area contributed by atoms with Crippen molar-refractivity contribution in [3.05, 3.63) is 70.3 Å². The summed E-state index contributed by atoms with van der Waals surface area (Å²) in [5, 5.41) is 10.5. The number of aliphatic hydroxyl groups is 1. The van der Waals surface area contributed by atoms with Gasteiger partial charge in [0.1, 0.15) is 0 Å². The van der Waals surface area contributed by atoms with E-state index >= 15 is 0 Å². The van der Waals surface area contributed by atoms with Crippen LogP contribution in [-0.2, 0) is 11.8 Å². The van der Waals surface area contributed by atoms with Gasteiger partial charge in [-0.1, -0.05) is 63.2 Å². The van der Waals surface area contributed by atoms with Gasteiger partial charge in [0.25, 0.3) is 0 Å². The molecule has 0 aliphatic rings. The molecule has 0 saturated carbocycles. The summed E-state index contributed by atoms with van der Waals surface area (Å²) >= 11 is 0. The molecule has 0 aromatic heterocycles. The molecule has 0 radical (unpaired) electrons. The Morgan fingerprint density at radius 1 is 0.905 bits per heavy atom. The highest BCUT2D eigenvalue weighted by Crippen LogP contribution is 2.26. The lowest BCUT2D eigenvalue weighted by Crippen LogP contribution is -2.11. The summed E-state index contributed by atoms with van der Waals surface area (Å²) in [4.78, 5) is 0. The van der Waals surface area contributed by atoms with Crippen molar-refractivity contribution in [2.45, 2.75) is 52.6 Å². The SMILES string of the molecule is Cc1cccc(C)c1CC(O)c1ccc(C(C)(C)C)cc1. The number of rotatable bonds is 3. The molecule has 0 fully saturated rings. The molecule has 1 unspecified atom stereocenters. The normalized spacial score (nSPS) is 13.2. The van der Waals surface area contributed by atoms with Crippen molar-refractivity contribution in [1.29, 1.82) is 0 Å². The zero-order valence-corrected chi connectivity index (χ0v) is 13.8. The third-order valence-corrected chi connectivity index (χ3v) is 4.20. The first-order chi connectivity index (χ1) is 9.79. The van der Waals surface area contributed by atoms with Crippen molar-refractivity contribution in [2.24, 2.45) is 0 Å². The Bertz CT molecular complexity index is 582. The van der Waals surface area contributed by atoms with Crippen LogP contribution in [0.1, 0.15) is 54.7 Å². The molecule has 0 aliphatic carbocycles. The lowest BCUT2D eigenvalue weighted by Gasteiger charge is -2.20. The van der Waals surface area contributed by atoms with Crippen LogP contribution in [0.25, 0.3) is 0 Å². The highest BCUT2D eigenvalue weighted by Gasteiger charge is 2.15. The monoisotopic (exact) mass is 282 g/mol. The maximum absolute atomic E-state index is 10.5. The second-order valence-electron chi connectivity index (χ2n) is 6.96. The van der Waals surface area contributed by atoms with Gasteiger partial charge in [0.15, 0.2) is 0 Å². The fourth-order valence-corrected chi connectivity index (χ4v) is 2.69. The Hall–Kier alpha value is -1.60. The molecule has 1 atom stereocenters. The highest BCUT2D eigenvalue weighted by atomic mass is 16.3. The van der Waals surface area contributed by atoms with Crippen LogP contribution in [0.5, 0.6) is 0 Å². The zero-order valence-electron chi connectivity index (χ0n) is 13.8.